The van der Waals surface area contributed by atoms with Gasteiger partial charge in [-0.2, -0.15) is 0 Å². The summed E-state index contributed by atoms with van der Waals surface area (Å²) in [7, 11) is 0. The van der Waals surface area contributed by atoms with Gasteiger partial charge >= 0.3 is 0 Å². The van der Waals surface area contributed by atoms with E-state index in [1.54, 1.807) is 6.20 Å². The number of nitrogens with one attached hydrogen (secondary N) is 2. The third-order valence-electron chi connectivity index (χ3n) is 4.36. The number of halogens is 2. The lowest BCUT2D eigenvalue weighted by atomic mass is 10.3. The van der Waals surface area contributed by atoms with E-state index in [9.17, 15) is 0 Å². The van der Waals surface area contributed by atoms with E-state index in [-0.39, 0.29) is 30.0 Å². The first-order valence-electron chi connectivity index (χ1n) is 8.90. The molecule has 2 aromatic rings. The quantitative estimate of drug-likeness (QED) is 0.370. The minimum absolute atomic E-state index is 0. The van der Waals surface area contributed by atoms with E-state index in [1.807, 2.05) is 32.9 Å². The van der Waals surface area contributed by atoms with Gasteiger partial charge < -0.3 is 20.0 Å². The number of hydrogen-bond donors (Lipinski definition) is 2. The zero-order valence-electron chi connectivity index (χ0n) is 15.8. The molecule has 1 atom stereocenters. The Kier molecular flexibility index (Phi) is 8.15. The SMILES string of the molecule is CCNC(=NCc1nc(C)c(C)o1)NC1CCN(c2ncccc2Cl)C1.I. The third kappa shape index (κ3) is 5.71. The number of hydrogen-bond acceptors (Lipinski definition) is 5. The third-order valence-corrected chi connectivity index (χ3v) is 4.65. The molecule has 27 heavy (non-hydrogen) atoms. The summed E-state index contributed by atoms with van der Waals surface area (Å²) in [6.07, 6.45) is 2.77. The maximum atomic E-state index is 6.26. The summed E-state index contributed by atoms with van der Waals surface area (Å²) in [6.45, 7) is 8.83. The molecular weight excluding hydrogens is 479 g/mol. The molecule has 2 N–H and O–H groups in total. The first-order valence-corrected chi connectivity index (χ1v) is 9.27. The predicted molar refractivity (Wildman–Crippen MR) is 119 cm³/mol. The molecular formula is C18H26ClIN6O. The van der Waals surface area contributed by atoms with E-state index in [0.29, 0.717) is 17.5 Å². The highest BCUT2D eigenvalue weighted by Gasteiger charge is 2.25. The first kappa shape index (κ1) is 21.7. The number of aliphatic imine (C=N–C) groups is 1. The van der Waals surface area contributed by atoms with E-state index in [1.165, 1.54) is 0 Å². The highest BCUT2D eigenvalue weighted by atomic mass is 127. The van der Waals surface area contributed by atoms with Gasteiger partial charge in [0, 0.05) is 31.9 Å². The van der Waals surface area contributed by atoms with Crippen molar-refractivity contribution in [3.05, 3.63) is 40.7 Å². The van der Waals surface area contributed by atoms with E-state index >= 15 is 0 Å². The molecule has 0 aliphatic carbocycles. The number of aromatic nitrogens is 2. The van der Waals surface area contributed by atoms with Crippen LogP contribution in [0.15, 0.2) is 27.7 Å². The monoisotopic (exact) mass is 504 g/mol. The number of pyridine rings is 1. The standard InChI is InChI=1S/C18H25ClN6O.HI/c1-4-20-18(22-10-16-23-12(2)13(3)26-16)24-14-7-9-25(11-14)17-15(19)6-5-8-21-17;/h5-6,8,14H,4,7,9-11H2,1-3H3,(H2,20,22,24);1H. The van der Waals surface area contributed by atoms with Gasteiger partial charge in [0.2, 0.25) is 5.89 Å². The molecule has 0 aromatic carbocycles. The van der Waals surface area contributed by atoms with Gasteiger partial charge in [-0.3, -0.25) is 0 Å². The fourth-order valence-corrected chi connectivity index (χ4v) is 3.19. The van der Waals surface area contributed by atoms with Crippen molar-refractivity contribution < 1.29 is 4.42 Å². The summed E-state index contributed by atoms with van der Waals surface area (Å²) in [5.74, 6) is 3.07. The molecule has 1 saturated heterocycles. The molecule has 1 fully saturated rings. The number of anilines is 1. The minimum Gasteiger partial charge on any atom is -0.444 e. The van der Waals surface area contributed by atoms with Crippen molar-refractivity contribution in [2.24, 2.45) is 4.99 Å². The molecule has 0 amide bonds. The van der Waals surface area contributed by atoms with Gasteiger partial charge in [-0.15, -0.1) is 24.0 Å². The van der Waals surface area contributed by atoms with Crippen molar-refractivity contribution in [2.75, 3.05) is 24.5 Å². The molecule has 2 aromatic heterocycles. The predicted octanol–water partition coefficient (Wildman–Crippen LogP) is 3.29. The molecule has 148 valence electrons. The van der Waals surface area contributed by atoms with Gasteiger partial charge in [0.1, 0.15) is 18.1 Å². The van der Waals surface area contributed by atoms with Crippen LogP contribution in [0, 0.1) is 13.8 Å². The van der Waals surface area contributed by atoms with Crippen molar-refractivity contribution in [1.82, 2.24) is 20.6 Å². The molecule has 0 radical (unpaired) electrons. The Morgan fingerprint density at radius 3 is 2.93 bits per heavy atom. The van der Waals surface area contributed by atoms with Gasteiger partial charge in [0.05, 0.1) is 10.7 Å². The second-order valence-corrected chi connectivity index (χ2v) is 6.74. The maximum Gasteiger partial charge on any atom is 0.216 e. The molecule has 1 unspecified atom stereocenters. The van der Waals surface area contributed by atoms with Crippen LogP contribution in [0.3, 0.4) is 0 Å². The van der Waals surface area contributed by atoms with Crippen molar-refractivity contribution in [3.63, 3.8) is 0 Å². The average molecular weight is 505 g/mol. The Bertz CT molecular complexity index is 761. The summed E-state index contributed by atoms with van der Waals surface area (Å²) in [5.41, 5.74) is 0.909. The van der Waals surface area contributed by atoms with Gasteiger partial charge in [-0.05, 0) is 39.3 Å². The summed E-state index contributed by atoms with van der Waals surface area (Å²) in [5, 5.41) is 7.44. The Labute approximate surface area is 182 Å². The average Bonchev–Trinajstić information content (AvgIpc) is 3.20. The molecule has 1 aliphatic heterocycles. The Balaban J connectivity index is 0.00000261. The van der Waals surface area contributed by atoms with Crippen molar-refractivity contribution >= 4 is 47.4 Å². The van der Waals surface area contributed by atoms with Gasteiger partial charge in [-0.1, -0.05) is 11.6 Å². The number of aryl methyl sites for hydroxylation is 2. The van der Waals surface area contributed by atoms with Crippen LogP contribution in [0.5, 0.6) is 0 Å². The van der Waals surface area contributed by atoms with Crippen LogP contribution >= 0.6 is 35.6 Å². The van der Waals surface area contributed by atoms with E-state index in [2.05, 4.69) is 30.5 Å². The maximum absolute atomic E-state index is 6.26. The zero-order chi connectivity index (χ0) is 18.5. The lowest BCUT2D eigenvalue weighted by molar-refractivity contribution is 0.472. The highest BCUT2D eigenvalue weighted by Crippen LogP contribution is 2.25. The Morgan fingerprint density at radius 2 is 2.26 bits per heavy atom. The smallest absolute Gasteiger partial charge is 0.216 e. The molecule has 3 rings (SSSR count). The van der Waals surface area contributed by atoms with Gasteiger partial charge in [0.25, 0.3) is 0 Å². The molecule has 0 spiro atoms. The zero-order valence-corrected chi connectivity index (χ0v) is 18.9. The van der Waals surface area contributed by atoms with E-state index in [0.717, 1.165) is 49.3 Å². The van der Waals surface area contributed by atoms with Crippen LogP contribution in [0.25, 0.3) is 0 Å². The minimum atomic E-state index is 0. The summed E-state index contributed by atoms with van der Waals surface area (Å²) >= 11 is 6.26. The van der Waals surface area contributed by atoms with Crippen molar-refractivity contribution in [2.45, 2.75) is 39.8 Å². The second-order valence-electron chi connectivity index (χ2n) is 6.33. The summed E-state index contributed by atoms with van der Waals surface area (Å²) in [6, 6.07) is 4.00. The summed E-state index contributed by atoms with van der Waals surface area (Å²) in [4.78, 5) is 15.6. The molecule has 7 nitrogen and oxygen atoms in total. The lowest BCUT2D eigenvalue weighted by Gasteiger charge is -2.20. The number of oxazole rings is 1. The number of rotatable bonds is 5. The normalized spacial score (nSPS) is 17.0. The Morgan fingerprint density at radius 1 is 1.44 bits per heavy atom. The van der Waals surface area contributed by atoms with Crippen LogP contribution in [-0.2, 0) is 6.54 Å². The van der Waals surface area contributed by atoms with Crippen LogP contribution in [-0.4, -0.2) is 41.6 Å². The summed E-state index contributed by atoms with van der Waals surface area (Å²) < 4.78 is 5.60. The van der Waals surface area contributed by atoms with Crippen molar-refractivity contribution in [3.8, 4) is 0 Å². The lowest BCUT2D eigenvalue weighted by Crippen LogP contribution is -2.44. The molecule has 0 bridgehead atoms. The van der Waals surface area contributed by atoms with Crippen LogP contribution in [0.1, 0.15) is 30.7 Å². The second kappa shape index (κ2) is 10.1. The fraction of sp³-hybridized carbons (Fsp3) is 0.500. The largest absolute Gasteiger partial charge is 0.444 e. The number of guanidine groups is 1. The molecule has 9 heteroatoms. The first-order chi connectivity index (χ1) is 12.6. The Hall–Kier alpha value is -1.55. The van der Waals surface area contributed by atoms with Gasteiger partial charge in [-0.25, -0.2) is 15.0 Å². The van der Waals surface area contributed by atoms with Crippen LogP contribution in [0.4, 0.5) is 5.82 Å². The topological polar surface area (TPSA) is 78.6 Å². The van der Waals surface area contributed by atoms with Crippen LogP contribution in [0.2, 0.25) is 5.02 Å². The van der Waals surface area contributed by atoms with Crippen LogP contribution < -0.4 is 15.5 Å². The molecule has 0 saturated carbocycles. The molecule has 3 heterocycles. The van der Waals surface area contributed by atoms with Crippen molar-refractivity contribution in [1.29, 1.82) is 0 Å². The van der Waals surface area contributed by atoms with E-state index in [4.69, 9.17) is 16.0 Å². The molecule has 1 aliphatic rings. The van der Waals surface area contributed by atoms with E-state index < -0.39 is 0 Å². The number of nitrogens with zero attached hydrogens (tertiary/aromatic N) is 4. The van der Waals surface area contributed by atoms with Gasteiger partial charge in [0.15, 0.2) is 5.96 Å². The highest BCUT2D eigenvalue weighted by molar-refractivity contribution is 14.0. The fourth-order valence-electron chi connectivity index (χ4n) is 2.95.